The van der Waals surface area contributed by atoms with Gasteiger partial charge in [0.1, 0.15) is 12.0 Å². The average molecular weight is 303 g/mol. The first-order valence-corrected chi connectivity index (χ1v) is 8.24. The van der Waals surface area contributed by atoms with Crippen molar-refractivity contribution in [2.45, 2.75) is 19.9 Å². The van der Waals surface area contributed by atoms with Crippen molar-refractivity contribution < 1.29 is 17.6 Å². The number of amides is 1. The fourth-order valence-corrected chi connectivity index (χ4v) is 2.65. The Balaban J connectivity index is 2.35. The molecule has 0 atom stereocenters. The van der Waals surface area contributed by atoms with Gasteiger partial charge in [-0.25, -0.2) is 12.7 Å². The Morgan fingerprint density at radius 3 is 2.70 bits per heavy atom. The predicted octanol–water partition coefficient (Wildman–Crippen LogP) is 0.140. The number of hydrogen-bond acceptors (Lipinski definition) is 5. The van der Waals surface area contributed by atoms with Crippen LogP contribution in [-0.4, -0.2) is 44.5 Å². The van der Waals surface area contributed by atoms with Gasteiger partial charge in [-0.3, -0.25) is 4.79 Å². The van der Waals surface area contributed by atoms with Gasteiger partial charge in [0.15, 0.2) is 0 Å². The first kappa shape index (κ1) is 16.7. The van der Waals surface area contributed by atoms with Gasteiger partial charge in [0.25, 0.3) is 5.91 Å². The first-order valence-electron chi connectivity index (χ1n) is 6.39. The van der Waals surface area contributed by atoms with Gasteiger partial charge >= 0.3 is 0 Å². The summed E-state index contributed by atoms with van der Waals surface area (Å²) in [5.41, 5.74) is 5.80. The van der Waals surface area contributed by atoms with Crippen LogP contribution in [0.2, 0.25) is 0 Å². The van der Waals surface area contributed by atoms with Gasteiger partial charge in [0, 0.05) is 19.6 Å². The molecule has 0 aliphatic carbocycles. The van der Waals surface area contributed by atoms with E-state index in [9.17, 15) is 13.2 Å². The molecule has 0 saturated carbocycles. The Morgan fingerprint density at radius 2 is 2.20 bits per heavy atom. The van der Waals surface area contributed by atoms with Crippen LogP contribution in [0.4, 0.5) is 0 Å². The predicted molar refractivity (Wildman–Crippen MR) is 75.6 cm³/mol. The van der Waals surface area contributed by atoms with Gasteiger partial charge < -0.3 is 15.5 Å². The molecule has 0 fully saturated rings. The lowest BCUT2D eigenvalue weighted by Crippen LogP contribution is -2.33. The lowest BCUT2D eigenvalue weighted by atomic mass is 10.3. The summed E-state index contributed by atoms with van der Waals surface area (Å²) in [6, 6.07) is 1.59. The van der Waals surface area contributed by atoms with Crippen molar-refractivity contribution in [1.82, 2.24) is 9.62 Å². The van der Waals surface area contributed by atoms with Crippen molar-refractivity contribution in [1.29, 1.82) is 0 Å². The fraction of sp³-hybridized carbons (Fsp3) is 0.583. The first-order chi connectivity index (χ1) is 9.38. The zero-order chi connectivity index (χ0) is 15.2. The van der Waals surface area contributed by atoms with Crippen LogP contribution in [-0.2, 0) is 16.6 Å². The van der Waals surface area contributed by atoms with Gasteiger partial charge in [0.05, 0.1) is 18.4 Å². The van der Waals surface area contributed by atoms with Gasteiger partial charge in [-0.05, 0) is 12.5 Å². The Morgan fingerprint density at radius 1 is 1.50 bits per heavy atom. The molecule has 0 unspecified atom stereocenters. The highest BCUT2D eigenvalue weighted by Crippen LogP contribution is 2.06. The van der Waals surface area contributed by atoms with Gasteiger partial charge in [-0.2, -0.15) is 0 Å². The molecule has 0 aliphatic rings. The third-order valence-corrected chi connectivity index (χ3v) is 4.19. The van der Waals surface area contributed by atoms with Crippen molar-refractivity contribution in [3.8, 4) is 0 Å². The maximum Gasteiger partial charge on any atom is 0.254 e. The highest BCUT2D eigenvalue weighted by molar-refractivity contribution is 7.88. The van der Waals surface area contributed by atoms with Crippen LogP contribution >= 0.6 is 0 Å². The summed E-state index contributed by atoms with van der Waals surface area (Å²) in [5.74, 6) is 0.292. The van der Waals surface area contributed by atoms with Gasteiger partial charge in [-0.15, -0.1) is 0 Å². The molecule has 1 amide bonds. The smallest absolute Gasteiger partial charge is 0.254 e. The number of sulfonamides is 1. The molecule has 114 valence electrons. The molecule has 1 aromatic rings. The minimum absolute atomic E-state index is 0.243. The molecule has 1 aromatic heterocycles. The van der Waals surface area contributed by atoms with E-state index in [0.29, 0.717) is 37.4 Å². The van der Waals surface area contributed by atoms with Crippen molar-refractivity contribution >= 4 is 15.9 Å². The quantitative estimate of drug-likeness (QED) is 0.665. The Labute approximate surface area is 119 Å². The summed E-state index contributed by atoms with van der Waals surface area (Å²) in [7, 11) is -3.18. The molecular formula is C12H21N3O4S. The summed E-state index contributed by atoms with van der Waals surface area (Å²) in [6.45, 7) is 3.23. The molecule has 0 spiro atoms. The monoisotopic (exact) mass is 303 g/mol. The number of nitrogens with two attached hydrogens (primary N) is 1. The maximum absolute atomic E-state index is 11.7. The summed E-state index contributed by atoms with van der Waals surface area (Å²) in [5, 5.41) is 2.71. The molecule has 0 bridgehead atoms. The number of carbonyl (C=O) groups excluding carboxylic acids is 1. The molecular weight excluding hydrogens is 282 g/mol. The second-order valence-electron chi connectivity index (χ2n) is 4.37. The zero-order valence-electron chi connectivity index (χ0n) is 11.8. The highest BCUT2D eigenvalue weighted by Gasteiger charge is 2.14. The minimum Gasteiger partial charge on any atom is -0.467 e. The van der Waals surface area contributed by atoms with Crippen LogP contribution in [0.3, 0.4) is 0 Å². The third kappa shape index (κ3) is 4.95. The van der Waals surface area contributed by atoms with E-state index >= 15 is 0 Å². The topological polar surface area (TPSA) is 106 Å². The normalized spacial score (nSPS) is 11.8. The van der Waals surface area contributed by atoms with Crippen LogP contribution in [0, 0.1) is 0 Å². The Hall–Kier alpha value is -1.38. The van der Waals surface area contributed by atoms with Crippen LogP contribution in [0.5, 0.6) is 0 Å². The van der Waals surface area contributed by atoms with Crippen molar-refractivity contribution in [3.63, 3.8) is 0 Å². The lowest BCUT2D eigenvalue weighted by molar-refractivity contribution is 0.0952. The van der Waals surface area contributed by atoms with E-state index in [1.165, 1.54) is 16.8 Å². The number of furan rings is 1. The van der Waals surface area contributed by atoms with Crippen LogP contribution < -0.4 is 11.1 Å². The summed E-state index contributed by atoms with van der Waals surface area (Å²) in [6.07, 6.45) is 3.08. The van der Waals surface area contributed by atoms with Crippen molar-refractivity contribution in [3.05, 3.63) is 23.7 Å². The standard InChI is InChI=1S/C12H21N3O4S/c1-3-15(20(2,17)18)6-4-5-14-12(16)10-7-11(8-13)19-9-10/h7,9H,3-6,8,13H2,1-2H3,(H,14,16). The average Bonchev–Trinajstić information content (AvgIpc) is 2.85. The zero-order valence-corrected chi connectivity index (χ0v) is 12.6. The van der Waals surface area contributed by atoms with E-state index < -0.39 is 10.0 Å². The molecule has 1 rings (SSSR count). The second-order valence-corrected chi connectivity index (χ2v) is 6.35. The number of nitrogens with zero attached hydrogens (tertiary/aromatic N) is 1. The van der Waals surface area contributed by atoms with E-state index in [0.717, 1.165) is 0 Å². The van der Waals surface area contributed by atoms with E-state index in [-0.39, 0.29) is 12.5 Å². The number of carbonyl (C=O) groups is 1. The maximum atomic E-state index is 11.7. The van der Waals surface area contributed by atoms with Crippen molar-refractivity contribution in [2.75, 3.05) is 25.9 Å². The Kier molecular flexibility index (Phi) is 6.18. The van der Waals surface area contributed by atoms with E-state index in [4.69, 9.17) is 10.2 Å². The summed E-state index contributed by atoms with van der Waals surface area (Å²) in [4.78, 5) is 11.7. The van der Waals surface area contributed by atoms with Crippen LogP contribution in [0.25, 0.3) is 0 Å². The summed E-state index contributed by atoms with van der Waals surface area (Å²) >= 11 is 0. The molecule has 20 heavy (non-hydrogen) atoms. The van der Waals surface area contributed by atoms with E-state index in [2.05, 4.69) is 5.32 Å². The molecule has 0 saturated heterocycles. The van der Waals surface area contributed by atoms with Crippen molar-refractivity contribution in [2.24, 2.45) is 5.73 Å². The van der Waals surface area contributed by atoms with Crippen LogP contribution in [0.1, 0.15) is 29.5 Å². The Bertz CT molecular complexity index is 539. The number of rotatable bonds is 8. The number of hydrogen-bond donors (Lipinski definition) is 2. The molecule has 3 N–H and O–H groups in total. The number of nitrogens with one attached hydrogen (secondary N) is 1. The fourth-order valence-electron chi connectivity index (χ4n) is 1.72. The summed E-state index contributed by atoms with van der Waals surface area (Å²) < 4.78 is 29.2. The molecule has 0 radical (unpaired) electrons. The molecule has 8 heteroatoms. The third-order valence-electron chi connectivity index (χ3n) is 2.81. The van der Waals surface area contributed by atoms with E-state index in [1.54, 1.807) is 13.0 Å². The molecule has 7 nitrogen and oxygen atoms in total. The van der Waals surface area contributed by atoms with Gasteiger partial charge in [0.2, 0.25) is 10.0 Å². The molecule has 0 aliphatic heterocycles. The van der Waals surface area contributed by atoms with Crippen LogP contribution in [0.15, 0.2) is 16.7 Å². The molecule has 0 aromatic carbocycles. The minimum atomic E-state index is -3.18. The van der Waals surface area contributed by atoms with Gasteiger partial charge in [-0.1, -0.05) is 6.92 Å². The molecule has 1 heterocycles. The second kappa shape index (κ2) is 7.41. The SMILES string of the molecule is CCN(CCCNC(=O)c1coc(CN)c1)S(C)(=O)=O. The highest BCUT2D eigenvalue weighted by atomic mass is 32.2. The largest absolute Gasteiger partial charge is 0.467 e. The lowest BCUT2D eigenvalue weighted by Gasteiger charge is -2.17. The van der Waals surface area contributed by atoms with E-state index in [1.807, 2.05) is 0 Å².